The molecule has 1 unspecified atom stereocenters. The number of aliphatic imine (C=N–C) groups is 1. The Morgan fingerprint density at radius 1 is 1.20 bits per heavy atom. The lowest BCUT2D eigenvalue weighted by Crippen LogP contribution is -2.46. The Bertz CT molecular complexity index is 529. The number of carbonyl (C=O) groups excluding carboxylic acids is 1. The van der Waals surface area contributed by atoms with E-state index in [0.29, 0.717) is 19.0 Å². The van der Waals surface area contributed by atoms with E-state index >= 15 is 0 Å². The molecule has 140 valence electrons. The van der Waals surface area contributed by atoms with Gasteiger partial charge in [0.1, 0.15) is 11.9 Å². The minimum Gasteiger partial charge on any atom is -0.489 e. The minimum atomic E-state index is -0.0528. The highest BCUT2D eigenvalue weighted by Crippen LogP contribution is 2.10. The first-order valence-electron chi connectivity index (χ1n) is 9.00. The van der Waals surface area contributed by atoms with Gasteiger partial charge in [-0.3, -0.25) is 4.79 Å². The lowest BCUT2D eigenvalue weighted by Gasteiger charge is -2.26. The number of hydrogen-bond donors (Lipinski definition) is 1. The van der Waals surface area contributed by atoms with Gasteiger partial charge in [0.05, 0.1) is 13.1 Å². The summed E-state index contributed by atoms with van der Waals surface area (Å²) in [6.07, 6.45) is -0.0528. The van der Waals surface area contributed by atoms with Gasteiger partial charge in [0.15, 0.2) is 5.96 Å². The molecule has 1 aromatic carbocycles. The van der Waals surface area contributed by atoms with Gasteiger partial charge < -0.3 is 19.9 Å². The maximum atomic E-state index is 12.3. The number of ether oxygens (including phenoxy) is 1. The van der Waals surface area contributed by atoms with E-state index in [1.807, 2.05) is 74.9 Å². The molecule has 1 amide bonds. The number of benzene rings is 1. The van der Waals surface area contributed by atoms with E-state index in [0.717, 1.165) is 25.4 Å². The second-order valence-electron chi connectivity index (χ2n) is 5.86. The van der Waals surface area contributed by atoms with Crippen molar-refractivity contribution in [1.82, 2.24) is 15.1 Å². The highest BCUT2D eigenvalue weighted by atomic mass is 16.5. The average molecular weight is 348 g/mol. The third kappa shape index (κ3) is 7.45. The molecule has 0 radical (unpaired) electrons. The molecule has 0 aliphatic carbocycles. The number of para-hydroxylation sites is 1. The fraction of sp³-hybridized carbons (Fsp3) is 0.579. The van der Waals surface area contributed by atoms with Crippen LogP contribution in [0.15, 0.2) is 35.3 Å². The van der Waals surface area contributed by atoms with Crippen molar-refractivity contribution in [2.24, 2.45) is 4.99 Å². The number of guanidine groups is 1. The van der Waals surface area contributed by atoms with Crippen molar-refractivity contribution in [3.8, 4) is 5.75 Å². The highest BCUT2D eigenvalue weighted by Gasteiger charge is 2.15. The zero-order valence-electron chi connectivity index (χ0n) is 16.2. The van der Waals surface area contributed by atoms with Gasteiger partial charge in [-0.25, -0.2) is 4.99 Å². The van der Waals surface area contributed by atoms with Gasteiger partial charge in [0, 0.05) is 26.7 Å². The van der Waals surface area contributed by atoms with Crippen LogP contribution in [0.25, 0.3) is 0 Å². The summed E-state index contributed by atoms with van der Waals surface area (Å²) in [4.78, 5) is 20.6. The second-order valence-corrected chi connectivity index (χ2v) is 5.86. The molecule has 0 aromatic heterocycles. The molecule has 1 N–H and O–H groups in total. The van der Waals surface area contributed by atoms with Crippen molar-refractivity contribution in [3.05, 3.63) is 30.3 Å². The quantitative estimate of drug-likeness (QED) is 0.549. The van der Waals surface area contributed by atoms with Gasteiger partial charge in [-0.15, -0.1) is 0 Å². The maximum Gasteiger partial charge on any atom is 0.242 e. The zero-order valence-corrected chi connectivity index (χ0v) is 16.2. The first kappa shape index (κ1) is 20.8. The minimum absolute atomic E-state index is 0.0528. The smallest absolute Gasteiger partial charge is 0.242 e. The molecule has 0 saturated heterocycles. The van der Waals surface area contributed by atoms with E-state index in [-0.39, 0.29) is 12.0 Å². The van der Waals surface area contributed by atoms with Crippen LogP contribution in [0.4, 0.5) is 0 Å². The van der Waals surface area contributed by atoms with Crippen molar-refractivity contribution in [2.45, 2.75) is 33.8 Å². The molecular formula is C19H32N4O2. The summed E-state index contributed by atoms with van der Waals surface area (Å²) in [5.41, 5.74) is 0. The predicted molar refractivity (Wildman–Crippen MR) is 103 cm³/mol. The number of nitrogens with one attached hydrogen (secondary N) is 1. The van der Waals surface area contributed by atoms with Crippen molar-refractivity contribution in [2.75, 3.05) is 39.8 Å². The van der Waals surface area contributed by atoms with Crippen LogP contribution in [-0.2, 0) is 4.79 Å². The molecular weight excluding hydrogens is 316 g/mol. The number of amides is 1. The standard InChI is InChI=1S/C19H32N4O2/c1-6-20-19(22(5)15-18(24)23(7-2)8-3)21-14-16(4)25-17-12-10-9-11-13-17/h9-13,16H,6-8,14-15H2,1-5H3,(H,20,21). The van der Waals surface area contributed by atoms with Crippen LogP contribution < -0.4 is 10.1 Å². The third-order valence-corrected chi connectivity index (χ3v) is 3.76. The molecule has 0 saturated carbocycles. The Kier molecular flexibility index (Phi) is 9.43. The van der Waals surface area contributed by atoms with E-state index < -0.39 is 0 Å². The molecule has 0 aliphatic heterocycles. The van der Waals surface area contributed by atoms with Crippen LogP contribution >= 0.6 is 0 Å². The lowest BCUT2D eigenvalue weighted by molar-refractivity contribution is -0.131. The highest BCUT2D eigenvalue weighted by molar-refractivity contribution is 5.86. The molecule has 0 bridgehead atoms. The summed E-state index contributed by atoms with van der Waals surface area (Å²) in [5.74, 6) is 1.65. The van der Waals surface area contributed by atoms with E-state index in [1.54, 1.807) is 0 Å². The number of hydrogen-bond acceptors (Lipinski definition) is 3. The first-order chi connectivity index (χ1) is 12.0. The summed E-state index contributed by atoms with van der Waals surface area (Å²) in [5, 5.41) is 3.23. The predicted octanol–water partition coefficient (Wildman–Crippen LogP) is 2.22. The molecule has 0 aliphatic rings. The van der Waals surface area contributed by atoms with Gasteiger partial charge in [-0.05, 0) is 39.8 Å². The molecule has 1 atom stereocenters. The molecule has 0 heterocycles. The third-order valence-electron chi connectivity index (χ3n) is 3.76. The largest absolute Gasteiger partial charge is 0.489 e. The van der Waals surface area contributed by atoms with Crippen molar-refractivity contribution < 1.29 is 9.53 Å². The van der Waals surface area contributed by atoms with Gasteiger partial charge in [0.2, 0.25) is 5.91 Å². The number of carbonyl (C=O) groups is 1. The molecule has 0 spiro atoms. The molecule has 1 aromatic rings. The topological polar surface area (TPSA) is 57.2 Å². The van der Waals surface area contributed by atoms with Crippen LogP contribution in [0, 0.1) is 0 Å². The van der Waals surface area contributed by atoms with E-state index in [1.165, 1.54) is 0 Å². The molecule has 6 nitrogen and oxygen atoms in total. The number of nitrogens with zero attached hydrogens (tertiary/aromatic N) is 3. The Hall–Kier alpha value is -2.24. The van der Waals surface area contributed by atoms with Crippen LogP contribution in [0.1, 0.15) is 27.7 Å². The molecule has 0 fully saturated rings. The zero-order chi connectivity index (χ0) is 18.7. The lowest BCUT2D eigenvalue weighted by atomic mass is 10.3. The average Bonchev–Trinajstić information content (AvgIpc) is 2.60. The summed E-state index contributed by atoms with van der Waals surface area (Å²) < 4.78 is 5.85. The maximum absolute atomic E-state index is 12.3. The van der Waals surface area contributed by atoms with Crippen LogP contribution in [0.3, 0.4) is 0 Å². The second kappa shape index (κ2) is 11.3. The summed E-state index contributed by atoms with van der Waals surface area (Å²) in [6, 6.07) is 9.71. The molecule has 1 rings (SSSR count). The van der Waals surface area contributed by atoms with Crippen LogP contribution in [-0.4, -0.2) is 67.5 Å². The van der Waals surface area contributed by atoms with Crippen molar-refractivity contribution in [1.29, 1.82) is 0 Å². The number of likely N-dealkylation sites (N-methyl/N-ethyl adjacent to an activating group) is 2. The van der Waals surface area contributed by atoms with Gasteiger partial charge in [-0.2, -0.15) is 0 Å². The van der Waals surface area contributed by atoms with E-state index in [9.17, 15) is 4.79 Å². The molecule has 25 heavy (non-hydrogen) atoms. The van der Waals surface area contributed by atoms with Gasteiger partial charge in [0.25, 0.3) is 0 Å². The summed E-state index contributed by atoms with van der Waals surface area (Å²) in [7, 11) is 1.88. The van der Waals surface area contributed by atoms with Crippen LogP contribution in [0.5, 0.6) is 5.75 Å². The van der Waals surface area contributed by atoms with Gasteiger partial charge in [-0.1, -0.05) is 18.2 Å². The van der Waals surface area contributed by atoms with E-state index in [2.05, 4.69) is 10.3 Å². The van der Waals surface area contributed by atoms with Crippen molar-refractivity contribution >= 4 is 11.9 Å². The summed E-state index contributed by atoms with van der Waals surface area (Å²) in [6.45, 7) is 11.0. The Morgan fingerprint density at radius 2 is 1.84 bits per heavy atom. The van der Waals surface area contributed by atoms with Gasteiger partial charge >= 0.3 is 0 Å². The molecule has 6 heteroatoms. The Morgan fingerprint density at radius 3 is 2.40 bits per heavy atom. The fourth-order valence-corrected chi connectivity index (χ4v) is 2.41. The monoisotopic (exact) mass is 348 g/mol. The Balaban J connectivity index is 2.64. The Labute approximate surface area is 151 Å². The fourth-order valence-electron chi connectivity index (χ4n) is 2.41. The van der Waals surface area contributed by atoms with Crippen LogP contribution in [0.2, 0.25) is 0 Å². The van der Waals surface area contributed by atoms with E-state index in [4.69, 9.17) is 4.74 Å². The van der Waals surface area contributed by atoms with Crippen molar-refractivity contribution in [3.63, 3.8) is 0 Å². The summed E-state index contributed by atoms with van der Waals surface area (Å²) >= 11 is 0. The normalized spacial score (nSPS) is 12.4. The first-order valence-corrected chi connectivity index (χ1v) is 9.00. The SMILES string of the molecule is CCNC(=NCC(C)Oc1ccccc1)N(C)CC(=O)N(CC)CC. The number of rotatable bonds is 9.